The van der Waals surface area contributed by atoms with Gasteiger partial charge >= 0.3 is 5.97 Å². The van der Waals surface area contributed by atoms with Gasteiger partial charge in [0.15, 0.2) is 6.61 Å². The van der Waals surface area contributed by atoms with Crippen LogP contribution in [0.2, 0.25) is 10.0 Å². The molecule has 2 rings (SSSR count). The van der Waals surface area contributed by atoms with Gasteiger partial charge < -0.3 is 10.1 Å². The molecule has 0 bridgehead atoms. The predicted octanol–water partition coefficient (Wildman–Crippen LogP) is 4.00. The number of benzene rings is 2. The van der Waals surface area contributed by atoms with Crippen molar-refractivity contribution in [2.24, 2.45) is 0 Å². The second-order valence-corrected chi connectivity index (χ2v) is 6.53. The first-order valence-electron chi connectivity index (χ1n) is 7.87. The van der Waals surface area contributed by atoms with Crippen LogP contribution in [0.1, 0.15) is 24.0 Å². The molecular weight excluding hydrogens is 361 g/mol. The largest absolute Gasteiger partial charge is 0.455 e. The summed E-state index contributed by atoms with van der Waals surface area (Å²) in [6.07, 6.45) is -0.0102. The SMILES string of the molecule is C[C@@H](CNC(=O)COC(=O)Cc1ccc(Cl)cc1Cl)c1ccccc1. The van der Waals surface area contributed by atoms with Crippen molar-refractivity contribution in [2.45, 2.75) is 19.3 Å². The molecule has 25 heavy (non-hydrogen) atoms. The molecule has 0 saturated heterocycles. The molecule has 132 valence electrons. The summed E-state index contributed by atoms with van der Waals surface area (Å²) in [7, 11) is 0. The normalized spacial score (nSPS) is 11.6. The van der Waals surface area contributed by atoms with Crippen LogP contribution in [0.15, 0.2) is 48.5 Å². The molecule has 2 aromatic rings. The highest BCUT2D eigenvalue weighted by Crippen LogP contribution is 2.21. The Morgan fingerprint density at radius 2 is 1.84 bits per heavy atom. The van der Waals surface area contributed by atoms with E-state index in [1.54, 1.807) is 18.2 Å². The molecule has 0 fully saturated rings. The van der Waals surface area contributed by atoms with Crippen molar-refractivity contribution in [2.75, 3.05) is 13.2 Å². The third-order valence-electron chi connectivity index (χ3n) is 3.69. The molecule has 0 aliphatic carbocycles. The summed E-state index contributed by atoms with van der Waals surface area (Å²) >= 11 is 11.8. The van der Waals surface area contributed by atoms with E-state index in [9.17, 15) is 9.59 Å². The number of hydrogen-bond acceptors (Lipinski definition) is 3. The van der Waals surface area contributed by atoms with Gasteiger partial charge in [0.05, 0.1) is 6.42 Å². The van der Waals surface area contributed by atoms with Gasteiger partial charge in [-0.3, -0.25) is 9.59 Å². The quantitative estimate of drug-likeness (QED) is 0.739. The number of nitrogens with one attached hydrogen (secondary N) is 1. The molecule has 1 amide bonds. The van der Waals surface area contributed by atoms with Crippen LogP contribution in [0.5, 0.6) is 0 Å². The number of esters is 1. The van der Waals surface area contributed by atoms with Gasteiger partial charge in [0.2, 0.25) is 0 Å². The minimum Gasteiger partial charge on any atom is -0.455 e. The van der Waals surface area contributed by atoms with E-state index >= 15 is 0 Å². The van der Waals surface area contributed by atoms with E-state index < -0.39 is 5.97 Å². The van der Waals surface area contributed by atoms with Crippen molar-refractivity contribution in [3.8, 4) is 0 Å². The zero-order chi connectivity index (χ0) is 18.2. The summed E-state index contributed by atoms with van der Waals surface area (Å²) in [4.78, 5) is 23.6. The number of carbonyl (C=O) groups is 2. The molecule has 2 aromatic carbocycles. The van der Waals surface area contributed by atoms with Crippen LogP contribution in [0.4, 0.5) is 0 Å². The Bertz CT molecular complexity index is 735. The summed E-state index contributed by atoms with van der Waals surface area (Å²) in [5.74, 6) is -0.678. The molecular formula is C19H19Cl2NO3. The second-order valence-electron chi connectivity index (χ2n) is 5.69. The van der Waals surface area contributed by atoms with Gasteiger partial charge in [-0.15, -0.1) is 0 Å². The predicted molar refractivity (Wildman–Crippen MR) is 99.0 cm³/mol. The maximum absolute atomic E-state index is 11.8. The maximum atomic E-state index is 11.8. The third kappa shape index (κ3) is 6.40. The van der Waals surface area contributed by atoms with Gasteiger partial charge in [-0.2, -0.15) is 0 Å². The van der Waals surface area contributed by atoms with E-state index in [0.717, 1.165) is 5.56 Å². The Hall–Kier alpha value is -2.04. The van der Waals surface area contributed by atoms with E-state index in [-0.39, 0.29) is 24.9 Å². The lowest BCUT2D eigenvalue weighted by molar-refractivity contribution is -0.147. The molecule has 0 radical (unpaired) electrons. The number of carbonyl (C=O) groups excluding carboxylic acids is 2. The summed E-state index contributed by atoms with van der Waals surface area (Å²) in [6.45, 7) is 2.18. The van der Waals surface area contributed by atoms with Crippen LogP contribution in [0, 0.1) is 0 Å². The number of hydrogen-bond donors (Lipinski definition) is 1. The fraction of sp³-hybridized carbons (Fsp3) is 0.263. The monoisotopic (exact) mass is 379 g/mol. The molecule has 0 aliphatic rings. The highest BCUT2D eigenvalue weighted by atomic mass is 35.5. The number of amides is 1. The molecule has 6 heteroatoms. The summed E-state index contributed by atoms with van der Waals surface area (Å²) < 4.78 is 4.99. The van der Waals surface area contributed by atoms with E-state index in [4.69, 9.17) is 27.9 Å². The molecule has 0 aliphatic heterocycles. The fourth-order valence-corrected chi connectivity index (χ4v) is 2.71. The van der Waals surface area contributed by atoms with Gasteiger partial charge in [0.25, 0.3) is 5.91 Å². The molecule has 4 nitrogen and oxygen atoms in total. The molecule has 1 atom stereocenters. The van der Waals surface area contributed by atoms with Crippen molar-refractivity contribution in [1.29, 1.82) is 0 Å². The van der Waals surface area contributed by atoms with Crippen LogP contribution in [0.3, 0.4) is 0 Å². The van der Waals surface area contributed by atoms with Crippen molar-refractivity contribution < 1.29 is 14.3 Å². The molecule has 0 aromatic heterocycles. The van der Waals surface area contributed by atoms with Crippen LogP contribution in [0.25, 0.3) is 0 Å². The first-order valence-corrected chi connectivity index (χ1v) is 8.62. The number of halogens is 2. The third-order valence-corrected chi connectivity index (χ3v) is 4.28. The molecule has 1 N–H and O–H groups in total. The van der Waals surface area contributed by atoms with Crippen molar-refractivity contribution >= 4 is 35.1 Å². The first kappa shape index (κ1) is 19.3. The lowest BCUT2D eigenvalue weighted by Gasteiger charge is -2.13. The van der Waals surface area contributed by atoms with Gasteiger partial charge in [-0.25, -0.2) is 0 Å². The van der Waals surface area contributed by atoms with E-state index in [0.29, 0.717) is 22.2 Å². The Labute approximate surface area is 157 Å². The van der Waals surface area contributed by atoms with Gasteiger partial charge in [-0.05, 0) is 29.2 Å². The highest BCUT2D eigenvalue weighted by Gasteiger charge is 2.12. The van der Waals surface area contributed by atoms with Gasteiger partial charge in [0.1, 0.15) is 0 Å². The Morgan fingerprint density at radius 3 is 2.52 bits per heavy atom. The minimum atomic E-state index is -0.518. The van der Waals surface area contributed by atoms with Crippen molar-refractivity contribution in [3.63, 3.8) is 0 Å². The zero-order valence-electron chi connectivity index (χ0n) is 13.8. The smallest absolute Gasteiger partial charge is 0.310 e. The summed E-state index contributed by atoms with van der Waals surface area (Å²) in [6, 6.07) is 14.7. The molecule has 0 heterocycles. The molecule has 0 spiro atoms. The lowest BCUT2D eigenvalue weighted by Crippen LogP contribution is -2.31. The zero-order valence-corrected chi connectivity index (χ0v) is 15.3. The molecule has 0 unspecified atom stereocenters. The van der Waals surface area contributed by atoms with E-state index in [2.05, 4.69) is 5.32 Å². The van der Waals surface area contributed by atoms with Crippen molar-refractivity contribution in [1.82, 2.24) is 5.32 Å². The van der Waals surface area contributed by atoms with Crippen LogP contribution in [-0.4, -0.2) is 25.0 Å². The number of rotatable bonds is 7. The fourth-order valence-electron chi connectivity index (χ4n) is 2.24. The average molecular weight is 380 g/mol. The van der Waals surface area contributed by atoms with Crippen LogP contribution < -0.4 is 5.32 Å². The van der Waals surface area contributed by atoms with Crippen LogP contribution >= 0.6 is 23.2 Å². The van der Waals surface area contributed by atoms with Crippen LogP contribution in [-0.2, 0) is 20.7 Å². The van der Waals surface area contributed by atoms with Gasteiger partial charge in [0, 0.05) is 16.6 Å². The summed E-state index contributed by atoms with van der Waals surface area (Å²) in [5, 5.41) is 3.65. The van der Waals surface area contributed by atoms with E-state index in [1.807, 2.05) is 37.3 Å². The second kappa shape index (κ2) is 9.44. The highest BCUT2D eigenvalue weighted by molar-refractivity contribution is 6.35. The minimum absolute atomic E-state index is 0.0102. The lowest BCUT2D eigenvalue weighted by atomic mass is 10.0. The Balaban J connectivity index is 1.73. The Morgan fingerprint density at radius 1 is 1.12 bits per heavy atom. The van der Waals surface area contributed by atoms with Gasteiger partial charge in [-0.1, -0.05) is 66.5 Å². The standard InChI is InChI=1S/C19H19Cl2NO3/c1-13(14-5-3-2-4-6-14)11-22-18(23)12-25-19(24)9-15-7-8-16(20)10-17(15)21/h2-8,10,13H,9,11-12H2,1H3,(H,22,23)/t13-/m0/s1. The average Bonchev–Trinajstić information content (AvgIpc) is 2.61. The van der Waals surface area contributed by atoms with E-state index in [1.165, 1.54) is 0 Å². The Kier molecular flexibility index (Phi) is 7.29. The van der Waals surface area contributed by atoms with Crippen molar-refractivity contribution in [3.05, 3.63) is 69.7 Å². The summed E-state index contributed by atoms with van der Waals surface area (Å²) in [5.41, 5.74) is 1.74. The topological polar surface area (TPSA) is 55.4 Å². The number of ether oxygens (including phenoxy) is 1. The molecule has 0 saturated carbocycles. The maximum Gasteiger partial charge on any atom is 0.310 e. The first-order chi connectivity index (χ1) is 12.0.